The molecule has 672 valence electrons. The Morgan fingerprint density at radius 1 is 0.169 bits per heavy atom. The van der Waals surface area contributed by atoms with Crippen LogP contribution in [0, 0.1) is 0 Å². The van der Waals surface area contributed by atoms with Crippen molar-refractivity contribution in [3.63, 3.8) is 0 Å². The van der Waals surface area contributed by atoms with E-state index in [4.69, 9.17) is 18.9 Å². The Morgan fingerprint density at radius 3 is 0.515 bits per heavy atom. The highest BCUT2D eigenvalue weighted by molar-refractivity contribution is 6.50. The lowest BCUT2D eigenvalue weighted by Gasteiger charge is -2.35. The maximum absolute atomic E-state index is 16.1. The number of imide groups is 4. The molecule has 0 unspecified atom stereocenters. The van der Waals surface area contributed by atoms with Gasteiger partial charge < -0.3 is 18.9 Å². The van der Waals surface area contributed by atoms with E-state index >= 15 is 19.2 Å². The molecule has 0 bridgehead atoms. The summed E-state index contributed by atoms with van der Waals surface area (Å²) in [4.78, 5) is 128. The molecule has 8 amide bonds. The Balaban J connectivity index is 0.000000177. The predicted molar refractivity (Wildman–Crippen MR) is 544 cm³/mol. The van der Waals surface area contributed by atoms with E-state index < -0.39 is 23.6 Å². The number of rotatable bonds is 20. The molecule has 0 saturated heterocycles. The summed E-state index contributed by atoms with van der Waals surface area (Å²) in [5.41, 5.74) is 12.5. The summed E-state index contributed by atoms with van der Waals surface area (Å²) < 4.78 is 28.6. The second kappa shape index (κ2) is 33.2. The van der Waals surface area contributed by atoms with Crippen LogP contribution in [-0.4, -0.2) is 47.3 Å². The second-order valence-electron chi connectivity index (χ2n) is 38.7. The molecule has 0 aliphatic carbocycles. The third-order valence-electron chi connectivity index (χ3n) is 27.7. The van der Waals surface area contributed by atoms with Gasteiger partial charge in [-0.3, -0.25) is 38.4 Å². The van der Waals surface area contributed by atoms with Crippen LogP contribution in [0.15, 0.2) is 267 Å². The van der Waals surface area contributed by atoms with Gasteiger partial charge in [-0.05, 0) is 221 Å². The van der Waals surface area contributed by atoms with Crippen LogP contribution in [0.3, 0.4) is 0 Å². The monoisotopic (exact) mass is 1790 g/mol. The van der Waals surface area contributed by atoms with Crippen molar-refractivity contribution < 1.29 is 57.3 Å². The number of ether oxygens (including phenoxy) is 4. The Bertz CT molecular complexity index is 7260. The van der Waals surface area contributed by atoms with Crippen LogP contribution in [0.4, 0.5) is 22.7 Å². The van der Waals surface area contributed by atoms with Gasteiger partial charge in [0.05, 0.1) is 45.0 Å². The summed E-state index contributed by atoms with van der Waals surface area (Å²) in [5, 5.41) is 9.86. The smallest absolute Gasteiger partial charge is 0.266 e. The second-order valence-corrected chi connectivity index (χ2v) is 38.7. The van der Waals surface area contributed by atoms with Gasteiger partial charge in [-0.25, -0.2) is 19.6 Å². The number of hydrogen-bond acceptors (Lipinski definition) is 12. The number of carbonyl (C=O) groups excluding carboxylic acids is 8. The average molecular weight is 1790 g/mol. The topological polar surface area (TPSA) is 186 Å². The molecule has 0 aromatic heterocycles. The first-order chi connectivity index (χ1) is 65.5. The molecular weight excluding hydrogens is 1690 g/mol. The number of fused-ring (bicyclic) bond motifs is 4. The summed E-state index contributed by atoms with van der Waals surface area (Å²) in [6, 6.07) is 83.3. The highest BCUT2D eigenvalue weighted by Gasteiger charge is 2.47. The quantitative estimate of drug-likeness (QED) is 0.0400. The Labute approximate surface area is 788 Å². The lowest BCUT2D eigenvalue weighted by atomic mass is 9.80. The number of hydrogen-bond donors (Lipinski definition) is 0. The van der Waals surface area contributed by atoms with Crippen molar-refractivity contribution >= 4 is 156 Å². The summed E-state index contributed by atoms with van der Waals surface area (Å²) >= 11 is 0. The Hall–Kier alpha value is -15.7. The summed E-state index contributed by atoms with van der Waals surface area (Å²) in [6.45, 7) is 33.1. The van der Waals surface area contributed by atoms with Crippen LogP contribution < -0.4 is 38.5 Å². The molecule has 0 fully saturated rings. The lowest BCUT2D eigenvalue weighted by Crippen LogP contribution is -2.42. The van der Waals surface area contributed by atoms with Gasteiger partial charge in [0.2, 0.25) is 0 Å². The first-order valence-corrected chi connectivity index (χ1v) is 47.1. The fourth-order valence-electron chi connectivity index (χ4n) is 21.5. The number of benzene rings is 18. The van der Waals surface area contributed by atoms with Crippen molar-refractivity contribution in [2.24, 2.45) is 0 Å². The van der Waals surface area contributed by atoms with E-state index in [0.717, 1.165) is 76.8 Å². The molecule has 0 saturated carbocycles. The molecule has 18 aromatic carbocycles. The Morgan fingerprint density at radius 2 is 0.338 bits per heavy atom. The van der Waals surface area contributed by atoms with Gasteiger partial charge in [-0.2, -0.15) is 0 Å². The normalized spacial score (nSPS) is 13.9. The van der Waals surface area contributed by atoms with Crippen molar-refractivity contribution in [1.29, 1.82) is 0 Å². The fourth-order valence-corrected chi connectivity index (χ4v) is 21.5. The lowest BCUT2D eigenvalue weighted by molar-refractivity contribution is 0.0877. The molecule has 18 aromatic rings. The van der Waals surface area contributed by atoms with E-state index in [0.29, 0.717) is 122 Å². The number of amides is 8. The minimum absolute atomic E-state index is 0.0576. The summed E-state index contributed by atoms with van der Waals surface area (Å²) in [6.07, 6.45) is 0. The Kier molecular flexibility index (Phi) is 21.2. The van der Waals surface area contributed by atoms with Crippen LogP contribution in [0.25, 0.3) is 86.2 Å². The zero-order valence-electron chi connectivity index (χ0n) is 78.7. The van der Waals surface area contributed by atoms with Gasteiger partial charge >= 0.3 is 0 Å². The number of para-hydroxylation sites is 8. The van der Waals surface area contributed by atoms with Crippen LogP contribution in [0.2, 0.25) is 0 Å². The van der Waals surface area contributed by atoms with E-state index in [-0.39, 0.29) is 116 Å². The number of anilines is 4. The van der Waals surface area contributed by atoms with Crippen LogP contribution in [0.5, 0.6) is 46.0 Å². The van der Waals surface area contributed by atoms with Crippen molar-refractivity contribution in [2.45, 2.75) is 158 Å². The predicted octanol–water partition coefficient (Wildman–Crippen LogP) is 30.8. The molecule has 4 aliphatic rings. The first-order valence-electron chi connectivity index (χ1n) is 47.1. The van der Waals surface area contributed by atoms with Crippen molar-refractivity contribution in [3.05, 3.63) is 356 Å². The van der Waals surface area contributed by atoms with Crippen molar-refractivity contribution in [3.8, 4) is 46.0 Å². The minimum Gasteiger partial charge on any atom is -0.457 e. The molecule has 0 spiro atoms. The van der Waals surface area contributed by atoms with Crippen LogP contribution in [0.1, 0.15) is 285 Å². The van der Waals surface area contributed by atoms with E-state index in [1.54, 1.807) is 24.3 Å². The number of nitrogens with zero attached hydrogens (tertiary/aromatic N) is 4. The van der Waals surface area contributed by atoms with Gasteiger partial charge in [-0.1, -0.05) is 281 Å². The third-order valence-corrected chi connectivity index (χ3v) is 27.7. The molecule has 16 nitrogen and oxygen atoms in total. The zero-order chi connectivity index (χ0) is 94.9. The van der Waals surface area contributed by atoms with Crippen LogP contribution >= 0.6 is 0 Å². The third kappa shape index (κ3) is 13.4. The average Bonchev–Trinajstić information content (AvgIpc) is 0.667. The highest BCUT2D eigenvalue weighted by atomic mass is 16.5. The summed E-state index contributed by atoms with van der Waals surface area (Å²) in [5.74, 6) is -0.439. The SMILES string of the molecule is CC(C)c1cccc(C(C)C)c1N1C(=O)c2cc(Oc3ccccc3)c3c4c(Oc5ccccc5)cc5c6c(cc(Oc7ccccc7)c(c7c(Oc8ccccc8)cc(c2c37)C1=O)c64)C(=O)N(c1c(C(C)C)cccc1C(C)C)C5=O.CC(C)c1cccc(C(C)C)c1N1C(=O)c2ccc3c4ccc5c6c(ccc(c7ccc(c2c37)C1=O)c64)C(=O)N(c1c(C(C)C)cccc1C(C)C)C5=O. The maximum Gasteiger partial charge on any atom is 0.266 e. The summed E-state index contributed by atoms with van der Waals surface area (Å²) in [7, 11) is 0. The molecule has 0 radical (unpaired) electrons. The highest BCUT2D eigenvalue weighted by Crippen LogP contribution is 2.60. The largest absolute Gasteiger partial charge is 0.457 e. The van der Waals surface area contributed by atoms with Gasteiger partial charge in [0.25, 0.3) is 47.3 Å². The van der Waals surface area contributed by atoms with E-state index in [2.05, 4.69) is 111 Å². The van der Waals surface area contributed by atoms with E-state index in [1.165, 1.54) is 19.6 Å². The van der Waals surface area contributed by atoms with Gasteiger partial charge in [0.1, 0.15) is 46.0 Å². The molecule has 22 rings (SSSR count). The van der Waals surface area contributed by atoms with E-state index in [9.17, 15) is 19.2 Å². The number of carbonyl (C=O) groups is 8. The van der Waals surface area contributed by atoms with Crippen molar-refractivity contribution in [2.75, 3.05) is 19.6 Å². The fraction of sp³-hybridized carbons (Fsp3) is 0.200. The van der Waals surface area contributed by atoms with Crippen molar-refractivity contribution in [1.82, 2.24) is 0 Å². The molecule has 0 N–H and O–H groups in total. The molecule has 16 heteroatoms. The molecular formula is C120H100N4O12. The maximum atomic E-state index is 16.1. The van der Waals surface area contributed by atoms with Crippen LogP contribution in [-0.2, 0) is 0 Å². The van der Waals surface area contributed by atoms with E-state index in [1.807, 2.05) is 243 Å². The standard InChI is InChI=1S/C72H58N2O8.C48H42N2O4/c1-39(2)47-31-21-32-48(40(3)4)67(47)73-69(75)51-35-55(79-43-23-13-9-14-24-43)61-63-57(81-45-27-17-11-18-28-45)37-53-60-54(72(78)74(71(53)77)68-49(41(5)6)33-22-34-50(68)42(7)8)38-58(82-46-29-19-12-20-30-46)64(66(60)63)62-56(80-44-25-15-10-16-26-44)36-52(70(73)76)59(51)65(61)62;1-23(2)27-11-9-12-28(24(3)4)43(27)49-45(51)35-19-15-31-33-17-21-37-42-38(22-18-34(40(33)42)32-16-20-36(46(49)52)41(35)39(31)32)48(54)50(47(37)53)44-29(25(5)6)13-10-14-30(44)26(7)8/h9-42H,1-8H3;9-26H,1-8H3. The molecule has 0 atom stereocenters. The van der Waals surface area contributed by atoms with Gasteiger partial charge in [-0.15, -0.1) is 0 Å². The van der Waals surface area contributed by atoms with Gasteiger partial charge in [0, 0.05) is 76.1 Å². The first kappa shape index (κ1) is 87.0. The minimum atomic E-state index is -0.532. The van der Waals surface area contributed by atoms with Gasteiger partial charge in [0.15, 0.2) is 0 Å². The zero-order valence-corrected chi connectivity index (χ0v) is 78.7. The molecule has 4 heterocycles. The molecule has 4 aliphatic heterocycles. The molecule has 136 heavy (non-hydrogen) atoms.